The van der Waals surface area contributed by atoms with Crippen LogP contribution in [0.4, 0.5) is 0 Å². The number of nitrogens with one attached hydrogen (secondary N) is 1. The van der Waals surface area contributed by atoms with Crippen molar-refractivity contribution in [2.45, 2.75) is 39.3 Å². The van der Waals surface area contributed by atoms with E-state index in [0.29, 0.717) is 6.04 Å². The number of hydrogen-bond acceptors (Lipinski definition) is 4. The summed E-state index contributed by atoms with van der Waals surface area (Å²) in [5, 5.41) is 3.35. The lowest BCUT2D eigenvalue weighted by atomic mass is 10.0. The Morgan fingerprint density at radius 2 is 1.86 bits per heavy atom. The Labute approximate surface area is 129 Å². The topological polar surface area (TPSA) is 36.3 Å². The number of imidazole rings is 1. The van der Waals surface area contributed by atoms with E-state index in [1.165, 1.54) is 5.69 Å². The van der Waals surface area contributed by atoms with Gasteiger partial charge in [0.2, 0.25) is 0 Å². The fraction of sp³-hybridized carbons (Fsp3) is 0.812. The van der Waals surface area contributed by atoms with Crippen molar-refractivity contribution in [1.82, 2.24) is 24.7 Å². The first kappa shape index (κ1) is 16.5. The Morgan fingerprint density at radius 1 is 1.24 bits per heavy atom. The van der Waals surface area contributed by atoms with Crippen molar-refractivity contribution in [3.63, 3.8) is 0 Å². The molecule has 5 heteroatoms. The minimum Gasteiger partial charge on any atom is -0.336 e. The molecule has 1 N–H and O–H groups in total. The van der Waals surface area contributed by atoms with Crippen LogP contribution in [0.5, 0.6) is 0 Å². The van der Waals surface area contributed by atoms with Crippen molar-refractivity contribution in [1.29, 1.82) is 0 Å². The Hall–Kier alpha value is -0.910. The second kappa shape index (κ2) is 6.46. The van der Waals surface area contributed by atoms with Gasteiger partial charge < -0.3 is 9.88 Å². The summed E-state index contributed by atoms with van der Waals surface area (Å²) in [5.41, 5.74) is 2.76. The maximum atomic E-state index is 4.47. The van der Waals surface area contributed by atoms with E-state index in [2.05, 4.69) is 59.4 Å². The third-order valence-electron chi connectivity index (χ3n) is 4.59. The Kier molecular flexibility index (Phi) is 5.07. The molecule has 1 aliphatic rings. The molecule has 1 aromatic rings. The van der Waals surface area contributed by atoms with Crippen LogP contribution < -0.4 is 5.32 Å². The first-order valence-corrected chi connectivity index (χ1v) is 7.96. The van der Waals surface area contributed by atoms with Gasteiger partial charge in [-0.05, 0) is 34.7 Å². The molecular formula is C16H31N5. The molecule has 21 heavy (non-hydrogen) atoms. The third-order valence-corrected chi connectivity index (χ3v) is 4.59. The third kappa shape index (κ3) is 3.65. The van der Waals surface area contributed by atoms with Crippen molar-refractivity contribution >= 4 is 0 Å². The quantitative estimate of drug-likeness (QED) is 0.910. The summed E-state index contributed by atoms with van der Waals surface area (Å²) in [5.74, 6) is 0. The number of likely N-dealkylation sites (N-methyl/N-ethyl adjacent to an activating group) is 1. The fourth-order valence-corrected chi connectivity index (χ4v) is 3.33. The molecule has 5 nitrogen and oxygen atoms in total. The van der Waals surface area contributed by atoms with Gasteiger partial charge in [0.25, 0.3) is 0 Å². The number of aromatic nitrogens is 2. The van der Waals surface area contributed by atoms with Crippen molar-refractivity contribution in [2.24, 2.45) is 7.05 Å². The molecule has 0 amide bonds. The van der Waals surface area contributed by atoms with E-state index in [4.69, 9.17) is 0 Å². The standard InChI is InChI=1S/C16H31N5/c1-13-15(19(6)12-18-13)14(11-17-5)20-7-9-21(10-8-20)16(2,3)4/h12,14,17H,7-11H2,1-6H3. The minimum atomic E-state index is 0.271. The monoisotopic (exact) mass is 293 g/mol. The second-order valence-corrected chi connectivity index (χ2v) is 7.09. The number of aryl methyl sites for hydroxylation is 2. The van der Waals surface area contributed by atoms with E-state index in [9.17, 15) is 0 Å². The zero-order valence-corrected chi connectivity index (χ0v) is 14.5. The highest BCUT2D eigenvalue weighted by molar-refractivity contribution is 5.17. The predicted molar refractivity (Wildman–Crippen MR) is 87.5 cm³/mol. The molecule has 1 fully saturated rings. The fourth-order valence-electron chi connectivity index (χ4n) is 3.33. The first-order valence-electron chi connectivity index (χ1n) is 7.96. The molecule has 0 radical (unpaired) electrons. The molecule has 0 aliphatic carbocycles. The molecule has 1 aromatic heterocycles. The van der Waals surface area contributed by atoms with Crippen molar-refractivity contribution in [2.75, 3.05) is 39.8 Å². The van der Waals surface area contributed by atoms with E-state index >= 15 is 0 Å². The van der Waals surface area contributed by atoms with Crippen LogP contribution in [-0.4, -0.2) is 64.7 Å². The number of hydrogen-bond donors (Lipinski definition) is 1. The summed E-state index contributed by atoms with van der Waals surface area (Å²) in [7, 11) is 4.13. The highest BCUT2D eigenvalue weighted by Gasteiger charge is 2.31. The van der Waals surface area contributed by atoms with Crippen LogP contribution in [-0.2, 0) is 7.05 Å². The average molecular weight is 293 g/mol. The van der Waals surface area contributed by atoms with E-state index in [1.807, 2.05) is 13.4 Å². The highest BCUT2D eigenvalue weighted by atomic mass is 15.3. The Bertz CT molecular complexity index is 432. The second-order valence-electron chi connectivity index (χ2n) is 7.09. The summed E-state index contributed by atoms with van der Waals surface area (Å²) in [6.07, 6.45) is 1.93. The molecule has 1 atom stereocenters. The van der Waals surface area contributed by atoms with Crippen LogP contribution in [0.1, 0.15) is 38.2 Å². The van der Waals surface area contributed by atoms with Crippen molar-refractivity contribution < 1.29 is 0 Å². The molecule has 1 saturated heterocycles. The van der Waals surface area contributed by atoms with Gasteiger partial charge in [-0.3, -0.25) is 9.80 Å². The molecule has 1 aliphatic heterocycles. The van der Waals surface area contributed by atoms with Crippen LogP contribution in [0, 0.1) is 6.92 Å². The van der Waals surface area contributed by atoms with E-state index in [-0.39, 0.29) is 5.54 Å². The Balaban J connectivity index is 2.11. The van der Waals surface area contributed by atoms with Gasteiger partial charge >= 0.3 is 0 Å². The van der Waals surface area contributed by atoms with Gasteiger partial charge in [0, 0.05) is 45.3 Å². The van der Waals surface area contributed by atoms with Gasteiger partial charge in [0.15, 0.2) is 0 Å². The molecule has 0 bridgehead atoms. The molecular weight excluding hydrogens is 262 g/mol. The summed E-state index contributed by atoms with van der Waals surface area (Å²) >= 11 is 0. The maximum Gasteiger partial charge on any atom is 0.0949 e. The summed E-state index contributed by atoms with van der Waals surface area (Å²) in [6.45, 7) is 14.5. The van der Waals surface area contributed by atoms with Gasteiger partial charge in [-0.15, -0.1) is 0 Å². The maximum absolute atomic E-state index is 4.47. The Morgan fingerprint density at radius 3 is 2.29 bits per heavy atom. The van der Waals surface area contributed by atoms with E-state index < -0.39 is 0 Å². The van der Waals surface area contributed by atoms with Gasteiger partial charge in [-0.25, -0.2) is 4.98 Å². The normalized spacial score (nSPS) is 19.9. The lowest BCUT2D eigenvalue weighted by molar-refractivity contribution is 0.0403. The van der Waals surface area contributed by atoms with Gasteiger partial charge in [0.1, 0.15) is 0 Å². The zero-order chi connectivity index (χ0) is 15.6. The smallest absolute Gasteiger partial charge is 0.0949 e. The lowest BCUT2D eigenvalue weighted by Crippen LogP contribution is -2.55. The molecule has 2 heterocycles. The molecule has 120 valence electrons. The van der Waals surface area contributed by atoms with Crippen molar-refractivity contribution in [3.8, 4) is 0 Å². The van der Waals surface area contributed by atoms with Gasteiger partial charge in [0.05, 0.1) is 23.8 Å². The zero-order valence-electron chi connectivity index (χ0n) is 14.5. The summed E-state index contributed by atoms with van der Waals surface area (Å²) in [4.78, 5) is 9.65. The molecule has 0 aromatic carbocycles. The summed E-state index contributed by atoms with van der Waals surface area (Å²) < 4.78 is 2.17. The number of rotatable bonds is 4. The highest BCUT2D eigenvalue weighted by Crippen LogP contribution is 2.25. The molecule has 2 rings (SSSR count). The van der Waals surface area contributed by atoms with Crippen molar-refractivity contribution in [3.05, 3.63) is 17.7 Å². The van der Waals surface area contributed by atoms with Gasteiger partial charge in [-0.2, -0.15) is 0 Å². The van der Waals surface area contributed by atoms with E-state index in [0.717, 1.165) is 38.4 Å². The van der Waals surface area contributed by atoms with Crippen LogP contribution in [0.25, 0.3) is 0 Å². The molecule has 0 saturated carbocycles. The summed E-state index contributed by atoms with van der Waals surface area (Å²) in [6, 6.07) is 0.407. The van der Waals surface area contributed by atoms with E-state index in [1.54, 1.807) is 0 Å². The predicted octanol–water partition coefficient (Wildman–Crippen LogP) is 1.41. The van der Waals surface area contributed by atoms with Crippen LogP contribution in [0.3, 0.4) is 0 Å². The number of piperazine rings is 1. The SMILES string of the molecule is CNCC(c1c(C)ncn1C)N1CCN(C(C)(C)C)CC1. The average Bonchev–Trinajstić information content (AvgIpc) is 2.75. The largest absolute Gasteiger partial charge is 0.336 e. The molecule has 0 spiro atoms. The molecule has 1 unspecified atom stereocenters. The first-order chi connectivity index (χ1) is 9.84. The number of nitrogens with zero attached hydrogens (tertiary/aromatic N) is 4. The van der Waals surface area contributed by atoms with Gasteiger partial charge in [-0.1, -0.05) is 0 Å². The van der Waals surface area contributed by atoms with Crippen LogP contribution >= 0.6 is 0 Å². The van der Waals surface area contributed by atoms with Crippen LogP contribution in [0.2, 0.25) is 0 Å². The lowest BCUT2D eigenvalue weighted by Gasteiger charge is -2.44. The van der Waals surface area contributed by atoms with Crippen LogP contribution in [0.15, 0.2) is 6.33 Å². The minimum absolute atomic E-state index is 0.271.